The molecule has 1 N–H and O–H groups in total. The molecule has 0 fully saturated rings. The van der Waals surface area contributed by atoms with Gasteiger partial charge in [0.2, 0.25) is 0 Å². The lowest BCUT2D eigenvalue weighted by Gasteiger charge is -2.12. The number of hydrogen-bond acceptors (Lipinski definition) is 5. The average molecular weight is 465 g/mol. The van der Waals surface area contributed by atoms with Gasteiger partial charge < -0.3 is 4.57 Å². The molecular weight excluding hydrogens is 440 g/mol. The molecule has 0 aliphatic rings. The topological polar surface area (TPSA) is 72.3 Å². The van der Waals surface area contributed by atoms with Crippen LogP contribution in [-0.4, -0.2) is 30.2 Å². The number of tetrazole rings is 1. The number of rotatable bonds is 10. The molecule has 3 heterocycles. The highest BCUT2D eigenvalue weighted by Gasteiger charge is 2.12. The first-order chi connectivity index (χ1) is 15.7. The summed E-state index contributed by atoms with van der Waals surface area (Å²) in [6.45, 7) is 2.89. The van der Waals surface area contributed by atoms with E-state index in [1.165, 1.54) is 4.88 Å². The maximum atomic E-state index is 6.48. The second-order valence-corrected chi connectivity index (χ2v) is 8.92. The quantitative estimate of drug-likeness (QED) is 0.299. The molecule has 3 aromatic heterocycles. The van der Waals surface area contributed by atoms with Crippen LogP contribution >= 0.6 is 22.9 Å². The average Bonchev–Trinajstić information content (AvgIpc) is 3.56. The standard InChI is InChI=1S/C24H25ClN6S/c1-2-3-10-24-26-16-20(31(24)17-19-7-4-5-9-22(19)25)14-18(15-21-8-6-13-32-21)11-12-23-27-29-30-28-23/h4-9,11-14,16H,2-3,10,15,17H2,1H3,(H,27,28,29,30). The number of nitrogens with one attached hydrogen (secondary N) is 1. The van der Waals surface area contributed by atoms with Crippen molar-refractivity contribution in [1.82, 2.24) is 30.2 Å². The van der Waals surface area contributed by atoms with Gasteiger partial charge in [-0.15, -0.1) is 16.4 Å². The predicted molar refractivity (Wildman–Crippen MR) is 131 cm³/mol. The van der Waals surface area contributed by atoms with E-state index in [-0.39, 0.29) is 0 Å². The van der Waals surface area contributed by atoms with E-state index >= 15 is 0 Å². The first-order valence-electron chi connectivity index (χ1n) is 10.7. The number of allylic oxidation sites excluding steroid dienone is 2. The number of H-pyrrole nitrogens is 1. The second kappa shape index (κ2) is 11.0. The van der Waals surface area contributed by atoms with Crippen LogP contribution in [0.3, 0.4) is 0 Å². The number of hydrogen-bond donors (Lipinski definition) is 1. The van der Waals surface area contributed by atoms with Crippen LogP contribution in [0.25, 0.3) is 12.2 Å². The molecule has 6 nitrogen and oxygen atoms in total. The number of imidazole rings is 1. The number of halogens is 1. The Labute approximate surface area is 196 Å². The Hall–Kier alpha value is -3.03. The lowest BCUT2D eigenvalue weighted by Crippen LogP contribution is -2.08. The monoisotopic (exact) mass is 464 g/mol. The molecule has 4 rings (SSSR count). The van der Waals surface area contributed by atoms with Gasteiger partial charge in [0.15, 0.2) is 5.82 Å². The van der Waals surface area contributed by atoms with Crippen molar-refractivity contribution in [3.8, 4) is 0 Å². The first-order valence-corrected chi connectivity index (χ1v) is 11.9. The van der Waals surface area contributed by atoms with Crippen LogP contribution < -0.4 is 0 Å². The molecule has 0 spiro atoms. The normalized spacial score (nSPS) is 12.1. The van der Waals surface area contributed by atoms with E-state index in [1.807, 2.05) is 30.5 Å². The number of aromatic nitrogens is 6. The molecule has 0 aliphatic carbocycles. The van der Waals surface area contributed by atoms with E-state index in [2.05, 4.69) is 67.8 Å². The zero-order valence-electron chi connectivity index (χ0n) is 17.9. The Morgan fingerprint density at radius 2 is 2.12 bits per heavy atom. The van der Waals surface area contributed by atoms with Crippen molar-refractivity contribution in [2.24, 2.45) is 0 Å². The van der Waals surface area contributed by atoms with Gasteiger partial charge in [0.1, 0.15) is 5.82 Å². The molecule has 0 radical (unpaired) electrons. The number of nitrogens with zero attached hydrogens (tertiary/aromatic N) is 5. The lowest BCUT2D eigenvalue weighted by atomic mass is 10.1. The number of aromatic amines is 1. The third-order valence-corrected chi connectivity index (χ3v) is 6.36. The summed E-state index contributed by atoms with van der Waals surface area (Å²) in [4.78, 5) is 6.05. The highest BCUT2D eigenvalue weighted by atomic mass is 35.5. The fraction of sp³-hybridized carbons (Fsp3) is 0.250. The van der Waals surface area contributed by atoms with Gasteiger partial charge in [0, 0.05) is 22.7 Å². The summed E-state index contributed by atoms with van der Waals surface area (Å²) in [6.07, 6.45) is 12.1. The minimum atomic E-state index is 0.621. The van der Waals surface area contributed by atoms with Crippen LogP contribution in [0, 0.1) is 0 Å². The Morgan fingerprint density at radius 3 is 2.88 bits per heavy atom. The van der Waals surface area contributed by atoms with E-state index in [0.29, 0.717) is 12.4 Å². The van der Waals surface area contributed by atoms with Gasteiger partial charge in [-0.25, -0.2) is 10.1 Å². The Morgan fingerprint density at radius 1 is 1.22 bits per heavy atom. The SMILES string of the molecule is CCCCc1ncc(C=C(C=Cc2nnn[nH]2)Cc2cccs2)n1Cc1ccccc1Cl. The molecule has 0 saturated heterocycles. The summed E-state index contributed by atoms with van der Waals surface area (Å²) >= 11 is 8.22. The van der Waals surface area contributed by atoms with E-state index in [4.69, 9.17) is 16.6 Å². The van der Waals surface area contributed by atoms with Gasteiger partial charge in [-0.3, -0.25) is 0 Å². The molecule has 0 atom stereocenters. The van der Waals surface area contributed by atoms with Gasteiger partial charge >= 0.3 is 0 Å². The summed E-state index contributed by atoms with van der Waals surface area (Å²) in [6, 6.07) is 12.2. The van der Waals surface area contributed by atoms with Gasteiger partial charge in [0.25, 0.3) is 0 Å². The molecule has 4 aromatic rings. The van der Waals surface area contributed by atoms with E-state index in [1.54, 1.807) is 11.3 Å². The third-order valence-electron chi connectivity index (χ3n) is 5.12. The summed E-state index contributed by atoms with van der Waals surface area (Å²) in [5.41, 5.74) is 3.29. The maximum absolute atomic E-state index is 6.48. The Kier molecular flexibility index (Phi) is 7.64. The summed E-state index contributed by atoms with van der Waals surface area (Å²) in [5, 5.41) is 16.9. The largest absolute Gasteiger partial charge is 0.324 e. The van der Waals surface area contributed by atoms with Gasteiger partial charge in [-0.05, 0) is 57.6 Å². The number of aryl methyl sites for hydroxylation is 1. The molecule has 0 saturated carbocycles. The van der Waals surface area contributed by atoms with Crippen LogP contribution in [0.1, 0.15) is 47.5 Å². The smallest absolute Gasteiger partial charge is 0.172 e. The fourth-order valence-electron chi connectivity index (χ4n) is 3.44. The summed E-state index contributed by atoms with van der Waals surface area (Å²) in [7, 11) is 0. The van der Waals surface area contributed by atoms with Crippen molar-refractivity contribution >= 4 is 35.1 Å². The Balaban J connectivity index is 1.70. The van der Waals surface area contributed by atoms with E-state index in [9.17, 15) is 0 Å². The van der Waals surface area contributed by atoms with Crippen LogP contribution in [0.2, 0.25) is 5.02 Å². The van der Waals surface area contributed by atoms with Crippen molar-refractivity contribution in [2.75, 3.05) is 0 Å². The van der Waals surface area contributed by atoms with Crippen molar-refractivity contribution < 1.29 is 0 Å². The third kappa shape index (κ3) is 5.81. The van der Waals surface area contributed by atoms with E-state index < -0.39 is 0 Å². The lowest BCUT2D eigenvalue weighted by molar-refractivity contribution is 0.675. The highest BCUT2D eigenvalue weighted by Crippen LogP contribution is 2.23. The van der Waals surface area contributed by atoms with Crippen LogP contribution in [0.4, 0.5) is 0 Å². The fourth-order valence-corrected chi connectivity index (χ4v) is 4.38. The van der Waals surface area contributed by atoms with Crippen molar-refractivity contribution in [3.63, 3.8) is 0 Å². The Bertz CT molecular complexity index is 1180. The molecule has 0 amide bonds. The van der Waals surface area contributed by atoms with Crippen LogP contribution in [0.5, 0.6) is 0 Å². The zero-order valence-corrected chi connectivity index (χ0v) is 19.5. The van der Waals surface area contributed by atoms with Crippen molar-refractivity contribution in [2.45, 2.75) is 39.2 Å². The molecule has 0 aliphatic heterocycles. The minimum Gasteiger partial charge on any atom is -0.324 e. The van der Waals surface area contributed by atoms with Crippen LogP contribution in [-0.2, 0) is 19.4 Å². The molecule has 8 heteroatoms. The molecule has 0 bridgehead atoms. The van der Waals surface area contributed by atoms with Crippen molar-refractivity contribution in [3.05, 3.63) is 92.4 Å². The molecule has 164 valence electrons. The van der Waals surface area contributed by atoms with Crippen LogP contribution in [0.15, 0.2) is 59.6 Å². The van der Waals surface area contributed by atoms with Gasteiger partial charge in [0.05, 0.1) is 18.4 Å². The minimum absolute atomic E-state index is 0.621. The first kappa shape index (κ1) is 22.2. The zero-order chi connectivity index (χ0) is 22.2. The van der Waals surface area contributed by atoms with Gasteiger partial charge in [-0.2, -0.15) is 0 Å². The van der Waals surface area contributed by atoms with Crippen molar-refractivity contribution in [1.29, 1.82) is 0 Å². The number of benzene rings is 1. The molecule has 0 unspecified atom stereocenters. The summed E-state index contributed by atoms with van der Waals surface area (Å²) in [5.74, 6) is 1.70. The summed E-state index contributed by atoms with van der Waals surface area (Å²) < 4.78 is 2.27. The highest BCUT2D eigenvalue weighted by molar-refractivity contribution is 7.09. The second-order valence-electron chi connectivity index (χ2n) is 7.48. The predicted octanol–water partition coefficient (Wildman–Crippen LogP) is 5.84. The number of thiophene rings is 1. The molecular formula is C24H25ClN6S. The number of unbranched alkanes of at least 4 members (excludes halogenated alkanes) is 1. The van der Waals surface area contributed by atoms with E-state index in [0.717, 1.165) is 53.4 Å². The maximum Gasteiger partial charge on any atom is 0.172 e. The van der Waals surface area contributed by atoms with Gasteiger partial charge in [-0.1, -0.05) is 55.3 Å². The molecule has 1 aromatic carbocycles. The molecule has 32 heavy (non-hydrogen) atoms.